The number of hydrogen-bond donors (Lipinski definition) is 1. The highest BCUT2D eigenvalue weighted by Crippen LogP contribution is 2.42. The van der Waals surface area contributed by atoms with Gasteiger partial charge in [-0.2, -0.15) is 0 Å². The van der Waals surface area contributed by atoms with E-state index in [-0.39, 0.29) is 0 Å². The Kier molecular flexibility index (Phi) is 3.57. The molecule has 3 aliphatic carbocycles. The van der Waals surface area contributed by atoms with Crippen molar-refractivity contribution in [1.82, 2.24) is 10.2 Å². The third-order valence-electron chi connectivity index (χ3n) is 6.34. The van der Waals surface area contributed by atoms with Crippen LogP contribution in [-0.4, -0.2) is 36.1 Å². The Morgan fingerprint density at radius 3 is 2.42 bits per heavy atom. The molecular formula is C17H30N2. The van der Waals surface area contributed by atoms with Gasteiger partial charge < -0.3 is 5.32 Å². The first-order chi connectivity index (χ1) is 9.42. The molecule has 3 saturated carbocycles. The summed E-state index contributed by atoms with van der Waals surface area (Å²) in [5.74, 6) is 2.03. The second-order valence-electron chi connectivity index (χ2n) is 7.58. The quantitative estimate of drug-likeness (QED) is 0.837. The molecular weight excluding hydrogens is 232 g/mol. The minimum absolute atomic E-state index is 0.894. The zero-order chi connectivity index (χ0) is 12.7. The lowest BCUT2D eigenvalue weighted by Crippen LogP contribution is -2.58. The lowest BCUT2D eigenvalue weighted by molar-refractivity contribution is -0.0318. The van der Waals surface area contributed by atoms with Crippen LogP contribution in [0.2, 0.25) is 0 Å². The summed E-state index contributed by atoms with van der Waals surface area (Å²) in [5.41, 5.74) is 0. The van der Waals surface area contributed by atoms with Crippen LogP contribution in [0.15, 0.2) is 0 Å². The molecule has 2 nitrogen and oxygen atoms in total. The molecule has 0 aromatic heterocycles. The fourth-order valence-electron chi connectivity index (χ4n) is 4.91. The van der Waals surface area contributed by atoms with Gasteiger partial charge in [-0.15, -0.1) is 0 Å². The summed E-state index contributed by atoms with van der Waals surface area (Å²) in [6, 6.07) is 2.80. The maximum absolute atomic E-state index is 3.77. The molecule has 0 amide bonds. The van der Waals surface area contributed by atoms with Gasteiger partial charge in [0.2, 0.25) is 0 Å². The third-order valence-corrected chi connectivity index (χ3v) is 6.34. The summed E-state index contributed by atoms with van der Waals surface area (Å²) in [5, 5.41) is 3.77. The van der Waals surface area contributed by atoms with Gasteiger partial charge in [0.1, 0.15) is 0 Å². The van der Waals surface area contributed by atoms with E-state index in [1.165, 1.54) is 77.3 Å². The van der Waals surface area contributed by atoms with Crippen LogP contribution in [0.1, 0.15) is 64.2 Å². The van der Waals surface area contributed by atoms with Crippen molar-refractivity contribution < 1.29 is 0 Å². The number of nitrogens with one attached hydrogen (secondary N) is 1. The molecule has 0 radical (unpaired) electrons. The molecule has 4 rings (SSSR count). The van der Waals surface area contributed by atoms with Crippen LogP contribution in [0.5, 0.6) is 0 Å². The molecule has 4 fully saturated rings. The summed E-state index contributed by atoms with van der Waals surface area (Å²) in [6.45, 7) is 2.72. The summed E-state index contributed by atoms with van der Waals surface area (Å²) < 4.78 is 0. The Hall–Kier alpha value is -0.0800. The van der Waals surface area contributed by atoms with E-state index in [9.17, 15) is 0 Å². The van der Waals surface area contributed by atoms with Crippen molar-refractivity contribution in [2.75, 3.05) is 13.1 Å². The molecule has 108 valence electrons. The highest BCUT2D eigenvalue weighted by atomic mass is 15.2. The van der Waals surface area contributed by atoms with E-state index in [1.807, 2.05) is 0 Å². The normalized spacial score (nSPS) is 43.6. The predicted molar refractivity (Wildman–Crippen MR) is 79.2 cm³/mol. The van der Waals surface area contributed by atoms with Crippen molar-refractivity contribution in [3.8, 4) is 0 Å². The van der Waals surface area contributed by atoms with Gasteiger partial charge in [0.15, 0.2) is 0 Å². The second kappa shape index (κ2) is 5.37. The van der Waals surface area contributed by atoms with Gasteiger partial charge in [-0.25, -0.2) is 0 Å². The van der Waals surface area contributed by atoms with Gasteiger partial charge in [0.25, 0.3) is 0 Å². The highest BCUT2D eigenvalue weighted by Gasteiger charge is 2.43. The maximum atomic E-state index is 3.77. The first kappa shape index (κ1) is 12.6. The second-order valence-corrected chi connectivity index (χ2v) is 7.58. The molecule has 4 atom stereocenters. The van der Waals surface area contributed by atoms with E-state index in [2.05, 4.69) is 10.2 Å². The van der Waals surface area contributed by atoms with Crippen molar-refractivity contribution >= 4 is 0 Å². The van der Waals surface area contributed by atoms with Gasteiger partial charge in [-0.05, 0) is 76.3 Å². The third kappa shape index (κ3) is 2.58. The van der Waals surface area contributed by atoms with Crippen molar-refractivity contribution in [2.24, 2.45) is 11.8 Å². The van der Waals surface area contributed by atoms with E-state index in [0.29, 0.717) is 0 Å². The zero-order valence-electron chi connectivity index (χ0n) is 12.3. The molecule has 1 aliphatic heterocycles. The molecule has 1 N–H and O–H groups in total. The average molecular weight is 262 g/mol. The smallest absolute Gasteiger partial charge is 0.0139 e. The number of hydrogen-bond acceptors (Lipinski definition) is 2. The largest absolute Gasteiger partial charge is 0.314 e. The van der Waals surface area contributed by atoms with Gasteiger partial charge in [-0.3, -0.25) is 4.90 Å². The SMILES string of the molecule is C1CCC2C(C1)CCCN2C1CCC1CNC1CC1. The fraction of sp³-hybridized carbons (Fsp3) is 1.00. The summed E-state index contributed by atoms with van der Waals surface area (Å²) in [6.07, 6.45) is 14.9. The van der Waals surface area contributed by atoms with Crippen LogP contribution in [0.3, 0.4) is 0 Å². The van der Waals surface area contributed by atoms with Crippen LogP contribution < -0.4 is 5.32 Å². The molecule has 0 bridgehead atoms. The van der Waals surface area contributed by atoms with E-state index in [1.54, 1.807) is 0 Å². The first-order valence-corrected chi connectivity index (χ1v) is 8.91. The van der Waals surface area contributed by atoms with Crippen molar-refractivity contribution in [3.05, 3.63) is 0 Å². The Balaban J connectivity index is 1.36. The number of nitrogens with zero attached hydrogens (tertiary/aromatic N) is 1. The summed E-state index contributed by atoms with van der Waals surface area (Å²) in [7, 11) is 0. The van der Waals surface area contributed by atoms with E-state index in [4.69, 9.17) is 0 Å². The standard InChI is InChI=1S/C17H30N2/c1-2-6-16-13(4-1)5-3-11-19(16)17-10-7-14(17)12-18-15-8-9-15/h13-18H,1-12H2. The number of piperidine rings is 1. The van der Waals surface area contributed by atoms with Crippen LogP contribution in [0.25, 0.3) is 0 Å². The number of rotatable bonds is 4. The lowest BCUT2D eigenvalue weighted by atomic mass is 9.72. The molecule has 4 aliphatic rings. The van der Waals surface area contributed by atoms with Crippen LogP contribution in [0, 0.1) is 11.8 Å². The molecule has 19 heavy (non-hydrogen) atoms. The van der Waals surface area contributed by atoms with Gasteiger partial charge in [-0.1, -0.05) is 12.8 Å². The number of likely N-dealkylation sites (tertiary alicyclic amines) is 1. The summed E-state index contributed by atoms with van der Waals surface area (Å²) in [4.78, 5) is 2.97. The molecule has 1 saturated heterocycles. The summed E-state index contributed by atoms with van der Waals surface area (Å²) >= 11 is 0. The highest BCUT2D eigenvalue weighted by molar-refractivity contribution is 4.98. The lowest BCUT2D eigenvalue weighted by Gasteiger charge is -2.53. The van der Waals surface area contributed by atoms with E-state index < -0.39 is 0 Å². The molecule has 0 spiro atoms. The Bertz CT molecular complexity index is 310. The van der Waals surface area contributed by atoms with E-state index in [0.717, 1.165) is 30.0 Å². The van der Waals surface area contributed by atoms with Gasteiger partial charge >= 0.3 is 0 Å². The van der Waals surface area contributed by atoms with Crippen LogP contribution >= 0.6 is 0 Å². The van der Waals surface area contributed by atoms with Gasteiger partial charge in [0.05, 0.1) is 0 Å². The minimum Gasteiger partial charge on any atom is -0.314 e. The van der Waals surface area contributed by atoms with Crippen molar-refractivity contribution in [2.45, 2.75) is 82.3 Å². The zero-order valence-corrected chi connectivity index (χ0v) is 12.3. The van der Waals surface area contributed by atoms with Crippen LogP contribution in [0.4, 0.5) is 0 Å². The topological polar surface area (TPSA) is 15.3 Å². The predicted octanol–water partition coefficient (Wildman–Crippen LogP) is 3.17. The Morgan fingerprint density at radius 2 is 1.63 bits per heavy atom. The van der Waals surface area contributed by atoms with Crippen LogP contribution in [-0.2, 0) is 0 Å². The van der Waals surface area contributed by atoms with E-state index >= 15 is 0 Å². The average Bonchev–Trinajstić information content (AvgIpc) is 3.22. The Labute approximate surface area is 118 Å². The van der Waals surface area contributed by atoms with Crippen molar-refractivity contribution in [1.29, 1.82) is 0 Å². The maximum Gasteiger partial charge on any atom is 0.0139 e. The molecule has 0 aromatic rings. The van der Waals surface area contributed by atoms with Gasteiger partial charge in [0, 0.05) is 18.1 Å². The first-order valence-electron chi connectivity index (χ1n) is 8.91. The molecule has 4 unspecified atom stereocenters. The minimum atomic E-state index is 0.894. The monoisotopic (exact) mass is 262 g/mol. The van der Waals surface area contributed by atoms with Crippen molar-refractivity contribution in [3.63, 3.8) is 0 Å². The Morgan fingerprint density at radius 1 is 0.789 bits per heavy atom. The molecule has 2 heteroatoms. The molecule has 0 aromatic carbocycles. The molecule has 1 heterocycles. The fourth-order valence-corrected chi connectivity index (χ4v) is 4.91. The number of fused-ring (bicyclic) bond motifs is 1.